The quantitative estimate of drug-likeness (QED) is 0.167. The highest BCUT2D eigenvalue weighted by molar-refractivity contribution is 7.80. The summed E-state index contributed by atoms with van der Waals surface area (Å²) < 4.78 is 0. The van der Waals surface area contributed by atoms with Crippen molar-refractivity contribution in [2.45, 2.75) is 30.0 Å². The molecule has 0 aliphatic heterocycles. The lowest BCUT2D eigenvalue weighted by Gasteiger charge is -2.25. The molecule has 11 heteroatoms. The van der Waals surface area contributed by atoms with Gasteiger partial charge < -0.3 is 27.4 Å². The van der Waals surface area contributed by atoms with Crippen LogP contribution in [0, 0.1) is 0 Å². The van der Waals surface area contributed by atoms with Crippen molar-refractivity contribution in [3.63, 3.8) is 0 Å². The molecule has 9 nitrogen and oxygen atoms in total. The standard InChI is InChI=1S/C11H19N3O6S2/c12-5(7(16)11(14,4-22)9(19)20)1-2-6(15)10(13,3-21)8(17)18/h5,21-22H,1-4,12-14H2,(H,17,18)(H,19,20). The Bertz CT molecular complexity index is 488. The molecule has 0 aliphatic carbocycles. The second kappa shape index (κ2) is 7.92. The number of hydrogen-bond donors (Lipinski definition) is 7. The highest BCUT2D eigenvalue weighted by Crippen LogP contribution is 2.14. The van der Waals surface area contributed by atoms with Crippen molar-refractivity contribution in [2.24, 2.45) is 17.2 Å². The van der Waals surface area contributed by atoms with E-state index in [2.05, 4.69) is 25.3 Å². The topological polar surface area (TPSA) is 187 Å². The maximum Gasteiger partial charge on any atom is 0.332 e. The summed E-state index contributed by atoms with van der Waals surface area (Å²) in [6.45, 7) is 0. The summed E-state index contributed by atoms with van der Waals surface area (Å²) in [4.78, 5) is 45.8. The van der Waals surface area contributed by atoms with E-state index in [1.54, 1.807) is 0 Å². The molecule has 0 aromatic rings. The van der Waals surface area contributed by atoms with Crippen molar-refractivity contribution in [3.8, 4) is 0 Å². The van der Waals surface area contributed by atoms with Gasteiger partial charge in [0, 0.05) is 17.9 Å². The zero-order valence-electron chi connectivity index (χ0n) is 11.6. The first-order chi connectivity index (χ1) is 9.97. The first kappa shape index (κ1) is 20.9. The van der Waals surface area contributed by atoms with Gasteiger partial charge >= 0.3 is 11.9 Å². The van der Waals surface area contributed by atoms with Gasteiger partial charge in [0.1, 0.15) is 0 Å². The zero-order chi connectivity index (χ0) is 17.7. The summed E-state index contributed by atoms with van der Waals surface area (Å²) in [5, 5.41) is 17.9. The number of carboxylic acids is 2. The molecule has 0 rings (SSSR count). The smallest absolute Gasteiger partial charge is 0.332 e. The van der Waals surface area contributed by atoms with Crippen LogP contribution in [0.4, 0.5) is 0 Å². The minimum atomic E-state index is -2.28. The molecular weight excluding hydrogens is 334 g/mol. The Labute approximate surface area is 137 Å². The molecule has 0 aromatic carbocycles. The van der Waals surface area contributed by atoms with Crippen LogP contribution in [0.1, 0.15) is 12.8 Å². The summed E-state index contributed by atoms with van der Waals surface area (Å²) in [5.41, 5.74) is 11.9. The fraction of sp³-hybridized carbons (Fsp3) is 0.636. The SMILES string of the molecule is NC(CCC(=O)C(N)(CS)C(=O)O)C(=O)C(N)(CS)C(=O)O. The van der Waals surface area contributed by atoms with Crippen LogP contribution in [0.15, 0.2) is 0 Å². The molecular formula is C11H19N3O6S2. The monoisotopic (exact) mass is 353 g/mol. The largest absolute Gasteiger partial charge is 0.480 e. The molecule has 0 aliphatic rings. The van der Waals surface area contributed by atoms with E-state index in [-0.39, 0.29) is 6.42 Å². The fourth-order valence-electron chi connectivity index (χ4n) is 1.50. The third kappa shape index (κ3) is 4.20. The number of nitrogens with two attached hydrogens (primary N) is 3. The van der Waals surface area contributed by atoms with Gasteiger partial charge in [-0.2, -0.15) is 25.3 Å². The van der Waals surface area contributed by atoms with Crippen LogP contribution in [0.5, 0.6) is 0 Å². The Balaban J connectivity index is 4.93. The van der Waals surface area contributed by atoms with Gasteiger partial charge in [0.25, 0.3) is 0 Å². The molecule has 0 bridgehead atoms. The predicted octanol–water partition coefficient (Wildman–Crippen LogP) is -2.34. The number of carboxylic acid groups (broad SMARTS) is 2. The molecule has 0 fully saturated rings. The number of rotatable bonds is 10. The summed E-state index contributed by atoms with van der Waals surface area (Å²) in [5.74, 6) is -5.94. The van der Waals surface area contributed by atoms with Gasteiger partial charge in [-0.05, 0) is 6.42 Å². The number of ketones is 2. The van der Waals surface area contributed by atoms with Crippen molar-refractivity contribution in [1.82, 2.24) is 0 Å². The normalized spacial score (nSPS) is 17.9. The molecule has 3 unspecified atom stereocenters. The average Bonchev–Trinajstić information content (AvgIpc) is 2.48. The van der Waals surface area contributed by atoms with Gasteiger partial charge in [-0.1, -0.05) is 0 Å². The van der Waals surface area contributed by atoms with Gasteiger partial charge in [-0.15, -0.1) is 0 Å². The van der Waals surface area contributed by atoms with Crippen LogP contribution >= 0.6 is 25.3 Å². The molecule has 0 aromatic heterocycles. The van der Waals surface area contributed by atoms with Crippen molar-refractivity contribution >= 4 is 48.8 Å². The van der Waals surface area contributed by atoms with Gasteiger partial charge in [-0.25, -0.2) is 9.59 Å². The molecule has 0 spiro atoms. The fourth-order valence-corrected chi connectivity index (χ4v) is 2.10. The molecule has 22 heavy (non-hydrogen) atoms. The van der Waals surface area contributed by atoms with Gasteiger partial charge in [0.15, 0.2) is 22.6 Å². The minimum Gasteiger partial charge on any atom is -0.480 e. The van der Waals surface area contributed by atoms with Crippen molar-refractivity contribution in [2.75, 3.05) is 11.5 Å². The maximum absolute atomic E-state index is 11.9. The molecule has 0 amide bonds. The van der Waals surface area contributed by atoms with Gasteiger partial charge in [-0.3, -0.25) is 9.59 Å². The van der Waals surface area contributed by atoms with E-state index >= 15 is 0 Å². The van der Waals surface area contributed by atoms with Crippen LogP contribution in [0.3, 0.4) is 0 Å². The number of thiol groups is 2. The van der Waals surface area contributed by atoms with Crippen LogP contribution in [-0.2, 0) is 19.2 Å². The number of aliphatic carboxylic acids is 2. The Morgan fingerprint density at radius 1 is 0.955 bits per heavy atom. The first-order valence-electron chi connectivity index (χ1n) is 6.06. The van der Waals surface area contributed by atoms with E-state index in [0.717, 1.165) is 0 Å². The Morgan fingerprint density at radius 2 is 1.36 bits per heavy atom. The third-order valence-corrected chi connectivity index (χ3v) is 4.22. The highest BCUT2D eigenvalue weighted by Gasteiger charge is 2.44. The highest BCUT2D eigenvalue weighted by atomic mass is 32.1. The maximum atomic E-state index is 11.9. The van der Waals surface area contributed by atoms with E-state index in [1.165, 1.54) is 0 Å². The summed E-state index contributed by atoms with van der Waals surface area (Å²) in [7, 11) is 0. The molecule has 8 N–H and O–H groups in total. The Kier molecular flexibility index (Phi) is 7.51. The Hall–Kier alpha value is -1.14. The van der Waals surface area contributed by atoms with E-state index in [9.17, 15) is 19.2 Å². The number of hydrogen-bond acceptors (Lipinski definition) is 9. The van der Waals surface area contributed by atoms with Crippen LogP contribution < -0.4 is 17.2 Å². The zero-order valence-corrected chi connectivity index (χ0v) is 13.3. The number of carbonyl (C=O) groups is 4. The third-order valence-electron chi connectivity index (χ3n) is 3.22. The van der Waals surface area contributed by atoms with Crippen LogP contribution in [0.2, 0.25) is 0 Å². The second-order valence-electron chi connectivity index (χ2n) is 4.80. The van der Waals surface area contributed by atoms with Crippen LogP contribution in [-0.4, -0.2) is 62.3 Å². The van der Waals surface area contributed by atoms with Gasteiger partial charge in [0.2, 0.25) is 0 Å². The van der Waals surface area contributed by atoms with Crippen molar-refractivity contribution in [3.05, 3.63) is 0 Å². The summed E-state index contributed by atoms with van der Waals surface area (Å²) >= 11 is 7.43. The lowest BCUT2D eigenvalue weighted by Crippen LogP contribution is -2.62. The predicted molar refractivity (Wildman–Crippen MR) is 84.0 cm³/mol. The lowest BCUT2D eigenvalue weighted by atomic mass is 9.87. The van der Waals surface area contributed by atoms with E-state index < -0.39 is 58.6 Å². The number of Topliss-reactive ketones (excluding diaryl/α,β-unsaturated/α-hetero) is 2. The lowest BCUT2D eigenvalue weighted by molar-refractivity contribution is -0.148. The molecule has 0 radical (unpaired) electrons. The van der Waals surface area contributed by atoms with Crippen LogP contribution in [0.25, 0.3) is 0 Å². The van der Waals surface area contributed by atoms with Gasteiger partial charge in [0.05, 0.1) is 6.04 Å². The molecule has 126 valence electrons. The summed E-state index contributed by atoms with van der Waals surface area (Å²) in [6, 6.07) is -1.37. The second-order valence-corrected chi connectivity index (χ2v) is 5.43. The molecule has 3 atom stereocenters. The number of carbonyl (C=O) groups excluding carboxylic acids is 2. The summed E-state index contributed by atoms with van der Waals surface area (Å²) in [6.07, 6.45) is -0.726. The van der Waals surface area contributed by atoms with E-state index in [0.29, 0.717) is 0 Å². The Morgan fingerprint density at radius 3 is 1.68 bits per heavy atom. The van der Waals surface area contributed by atoms with Crippen molar-refractivity contribution < 1.29 is 29.4 Å². The molecule has 0 heterocycles. The average molecular weight is 353 g/mol. The van der Waals surface area contributed by atoms with E-state index in [4.69, 9.17) is 27.4 Å². The first-order valence-corrected chi connectivity index (χ1v) is 7.33. The molecule has 0 saturated heterocycles. The van der Waals surface area contributed by atoms with E-state index in [1.807, 2.05) is 0 Å². The minimum absolute atomic E-state index is 0.294. The van der Waals surface area contributed by atoms with Crippen molar-refractivity contribution in [1.29, 1.82) is 0 Å². The molecule has 0 saturated carbocycles.